The number of nitrogens with zero attached hydrogens (tertiary/aromatic N) is 2. The van der Waals surface area contributed by atoms with E-state index in [4.69, 9.17) is 4.74 Å². The Morgan fingerprint density at radius 2 is 1.87 bits per heavy atom. The van der Waals surface area contributed by atoms with Gasteiger partial charge in [-0.15, -0.1) is 0 Å². The fourth-order valence-corrected chi connectivity index (χ4v) is 5.40. The minimum Gasteiger partial charge on any atom is -0.476 e. The Balaban J connectivity index is 1.85. The number of carboxylic acids is 1. The first-order valence-electron chi connectivity index (χ1n) is 12.5. The third-order valence-electron chi connectivity index (χ3n) is 6.70. The van der Waals surface area contributed by atoms with Gasteiger partial charge in [-0.1, -0.05) is 19.1 Å². The summed E-state index contributed by atoms with van der Waals surface area (Å²) in [4.78, 5) is 24.1. The SMILES string of the molecule is CC[C@H](C)NS(=O)(=O)c1cc(NC(=O)C2CC2)ccc1Oc1c(C)c(C(=O)O)nn1-c1cccc(C)c1C. The van der Waals surface area contributed by atoms with Crippen molar-refractivity contribution in [3.8, 4) is 17.3 Å². The molecule has 1 saturated carbocycles. The lowest BCUT2D eigenvalue weighted by atomic mass is 10.1. The lowest BCUT2D eigenvalue weighted by Gasteiger charge is -2.18. The molecule has 1 heterocycles. The molecule has 11 heteroatoms. The Labute approximate surface area is 222 Å². The highest BCUT2D eigenvalue weighted by molar-refractivity contribution is 7.89. The first-order valence-corrected chi connectivity index (χ1v) is 14.0. The van der Waals surface area contributed by atoms with Crippen LogP contribution in [0, 0.1) is 26.7 Å². The summed E-state index contributed by atoms with van der Waals surface area (Å²) in [6.07, 6.45) is 2.18. The number of nitrogens with one attached hydrogen (secondary N) is 2. The molecule has 10 nitrogen and oxygen atoms in total. The molecule has 1 aromatic heterocycles. The Morgan fingerprint density at radius 3 is 2.50 bits per heavy atom. The number of amides is 1. The van der Waals surface area contributed by atoms with Crippen LogP contribution < -0.4 is 14.8 Å². The summed E-state index contributed by atoms with van der Waals surface area (Å²) in [5.41, 5.74) is 2.78. The van der Waals surface area contributed by atoms with Gasteiger partial charge in [0.2, 0.25) is 21.8 Å². The number of anilines is 1. The maximum Gasteiger partial charge on any atom is 0.356 e. The van der Waals surface area contributed by atoms with Gasteiger partial charge >= 0.3 is 5.97 Å². The lowest BCUT2D eigenvalue weighted by molar-refractivity contribution is -0.117. The second kappa shape index (κ2) is 10.6. The van der Waals surface area contributed by atoms with Crippen LogP contribution in [0.1, 0.15) is 60.3 Å². The molecule has 3 aromatic rings. The van der Waals surface area contributed by atoms with E-state index in [2.05, 4.69) is 15.1 Å². The van der Waals surface area contributed by atoms with Crippen molar-refractivity contribution in [2.75, 3.05) is 5.32 Å². The molecule has 0 aliphatic heterocycles. The maximum atomic E-state index is 13.4. The van der Waals surface area contributed by atoms with E-state index in [9.17, 15) is 23.1 Å². The van der Waals surface area contributed by atoms with Gasteiger partial charge in [0.25, 0.3) is 0 Å². The average molecular weight is 541 g/mol. The van der Waals surface area contributed by atoms with Crippen LogP contribution in [0.15, 0.2) is 41.3 Å². The molecule has 1 fully saturated rings. The molecule has 0 unspecified atom stereocenters. The van der Waals surface area contributed by atoms with Gasteiger partial charge in [0.1, 0.15) is 10.6 Å². The fraction of sp³-hybridized carbons (Fsp3) is 0.370. The van der Waals surface area contributed by atoms with Gasteiger partial charge in [-0.2, -0.15) is 9.78 Å². The van der Waals surface area contributed by atoms with Crippen LogP contribution in [0.25, 0.3) is 5.69 Å². The number of aromatic nitrogens is 2. The molecule has 38 heavy (non-hydrogen) atoms. The van der Waals surface area contributed by atoms with Crippen LogP contribution >= 0.6 is 0 Å². The highest BCUT2D eigenvalue weighted by atomic mass is 32.2. The van der Waals surface area contributed by atoms with Crippen LogP contribution in [-0.2, 0) is 14.8 Å². The number of carbonyl (C=O) groups excluding carboxylic acids is 1. The highest BCUT2D eigenvalue weighted by Crippen LogP contribution is 2.37. The van der Waals surface area contributed by atoms with E-state index in [1.807, 2.05) is 32.9 Å². The predicted molar refractivity (Wildman–Crippen MR) is 143 cm³/mol. The molecule has 1 aliphatic rings. The van der Waals surface area contributed by atoms with E-state index in [1.165, 1.54) is 16.8 Å². The number of rotatable bonds is 10. The first-order chi connectivity index (χ1) is 17.9. The van der Waals surface area contributed by atoms with E-state index in [-0.39, 0.29) is 45.6 Å². The summed E-state index contributed by atoms with van der Waals surface area (Å²) in [5, 5.41) is 16.8. The molecule has 3 N–H and O–H groups in total. The molecule has 1 atom stereocenters. The zero-order valence-corrected chi connectivity index (χ0v) is 22.8. The van der Waals surface area contributed by atoms with Crippen molar-refractivity contribution in [1.29, 1.82) is 0 Å². The topological polar surface area (TPSA) is 140 Å². The van der Waals surface area contributed by atoms with Gasteiger partial charge in [-0.25, -0.2) is 17.9 Å². The van der Waals surface area contributed by atoms with Crippen LogP contribution in [0.3, 0.4) is 0 Å². The smallest absolute Gasteiger partial charge is 0.356 e. The molecular weight excluding hydrogens is 508 g/mol. The van der Waals surface area contributed by atoms with Crippen molar-refractivity contribution in [2.24, 2.45) is 5.92 Å². The number of hydrogen-bond donors (Lipinski definition) is 3. The van der Waals surface area contributed by atoms with Crippen molar-refractivity contribution >= 4 is 27.6 Å². The monoisotopic (exact) mass is 540 g/mol. The van der Waals surface area contributed by atoms with Crippen molar-refractivity contribution in [3.05, 3.63) is 58.8 Å². The maximum absolute atomic E-state index is 13.4. The molecule has 1 aliphatic carbocycles. The summed E-state index contributed by atoms with van der Waals surface area (Å²) < 4.78 is 37.0. The second-order valence-electron chi connectivity index (χ2n) is 9.67. The summed E-state index contributed by atoms with van der Waals surface area (Å²) in [6, 6.07) is 9.55. The van der Waals surface area contributed by atoms with E-state index < -0.39 is 16.0 Å². The van der Waals surface area contributed by atoms with Crippen molar-refractivity contribution in [3.63, 3.8) is 0 Å². The van der Waals surface area contributed by atoms with Gasteiger partial charge in [-0.3, -0.25) is 4.79 Å². The Bertz CT molecular complexity index is 1510. The number of ether oxygens (including phenoxy) is 1. The number of aromatic carboxylic acids is 1. The summed E-state index contributed by atoms with van der Waals surface area (Å²) in [7, 11) is -4.07. The van der Waals surface area contributed by atoms with E-state index >= 15 is 0 Å². The summed E-state index contributed by atoms with van der Waals surface area (Å²) in [6.45, 7) is 8.97. The molecule has 0 saturated heterocycles. The number of carbonyl (C=O) groups is 2. The number of benzene rings is 2. The molecule has 0 radical (unpaired) electrons. The van der Waals surface area contributed by atoms with Crippen molar-refractivity contribution in [2.45, 2.75) is 64.8 Å². The second-order valence-corrected chi connectivity index (χ2v) is 11.4. The molecule has 4 rings (SSSR count). The van der Waals surface area contributed by atoms with Gasteiger partial charge < -0.3 is 15.2 Å². The molecule has 2 aromatic carbocycles. The van der Waals surface area contributed by atoms with Gasteiger partial charge in [0.05, 0.1) is 5.69 Å². The lowest BCUT2D eigenvalue weighted by Crippen LogP contribution is -2.32. The minimum atomic E-state index is -4.07. The number of hydrogen-bond acceptors (Lipinski definition) is 6. The highest BCUT2D eigenvalue weighted by Gasteiger charge is 2.31. The predicted octanol–water partition coefficient (Wildman–Crippen LogP) is 4.71. The zero-order chi connectivity index (χ0) is 27.8. The Morgan fingerprint density at radius 1 is 1.16 bits per heavy atom. The quantitative estimate of drug-likeness (QED) is 0.338. The van der Waals surface area contributed by atoms with Crippen molar-refractivity contribution < 1.29 is 27.9 Å². The Kier molecular flexibility index (Phi) is 7.61. The number of aryl methyl sites for hydroxylation is 1. The van der Waals surface area contributed by atoms with Crippen LogP contribution in [0.4, 0.5) is 5.69 Å². The standard InChI is InChI=1S/C27H32N4O6S/c1-6-16(3)30-38(35,36)23-14-20(28-25(32)19-10-11-19)12-13-22(23)37-26-18(5)24(27(33)34)29-31(26)21-9-7-8-15(2)17(21)4/h7-9,12-14,16,19,30H,6,10-11H2,1-5H3,(H,28,32)(H,33,34)/t16-/m0/s1. The van der Waals surface area contributed by atoms with E-state index in [0.717, 1.165) is 24.0 Å². The minimum absolute atomic E-state index is 0.0308. The molecule has 202 valence electrons. The van der Waals surface area contributed by atoms with Crippen molar-refractivity contribution in [1.82, 2.24) is 14.5 Å². The van der Waals surface area contributed by atoms with Gasteiger partial charge in [0, 0.05) is 23.2 Å². The number of carboxylic acid groups (broad SMARTS) is 1. The normalized spacial score (nSPS) is 14.2. The third kappa shape index (κ3) is 5.58. The first kappa shape index (κ1) is 27.3. The van der Waals surface area contributed by atoms with Gasteiger partial charge in [-0.05, 0) is 82.3 Å². The third-order valence-corrected chi connectivity index (χ3v) is 8.31. The van der Waals surface area contributed by atoms with Crippen LogP contribution in [0.2, 0.25) is 0 Å². The van der Waals surface area contributed by atoms with Crippen LogP contribution in [-0.4, -0.2) is 41.2 Å². The largest absolute Gasteiger partial charge is 0.476 e. The summed E-state index contributed by atoms with van der Waals surface area (Å²) in [5.74, 6) is -1.41. The fourth-order valence-electron chi connectivity index (χ4n) is 3.92. The summed E-state index contributed by atoms with van der Waals surface area (Å²) >= 11 is 0. The van der Waals surface area contributed by atoms with Crippen LogP contribution in [0.5, 0.6) is 11.6 Å². The molecule has 1 amide bonds. The molecule has 0 spiro atoms. The van der Waals surface area contributed by atoms with E-state index in [0.29, 0.717) is 17.8 Å². The Hall–Kier alpha value is -3.70. The molecule has 0 bridgehead atoms. The van der Waals surface area contributed by atoms with E-state index in [1.54, 1.807) is 26.0 Å². The number of sulfonamides is 1. The average Bonchev–Trinajstić information content (AvgIpc) is 3.66. The molecular formula is C27H32N4O6S. The zero-order valence-electron chi connectivity index (χ0n) is 22.0. The van der Waals surface area contributed by atoms with Gasteiger partial charge in [0.15, 0.2) is 5.69 Å².